The molecule has 0 aromatic carbocycles. The van der Waals surface area contributed by atoms with Crippen LogP contribution in [-0.2, 0) is 14.4 Å². The Morgan fingerprint density at radius 3 is 1.11 bits per heavy atom. The monoisotopic (exact) mass is 272 g/mol. The fraction of sp³-hybridized carbons (Fsp3) is 0.625. The molecule has 7 N–H and O–H groups in total. The number of rotatable bonds is 3. The summed E-state index contributed by atoms with van der Waals surface area (Å²) in [7, 11) is 0. The minimum atomic E-state index is -1.82. The second kappa shape index (κ2) is 13.3. The van der Waals surface area contributed by atoms with E-state index in [2.05, 4.69) is 0 Å². The number of carboxylic acids is 3. The quantitative estimate of drug-likeness (QED) is 0.259. The lowest BCUT2D eigenvalue weighted by Crippen LogP contribution is -2.15. The molecule has 10 nitrogen and oxygen atoms in total. The smallest absolute Gasteiger partial charge is 0.414 e. The number of aliphatic hydroxyl groups is 4. The molecule has 0 aliphatic rings. The molecular formula is C8H16O10. The molecule has 108 valence electrons. The molecule has 0 heterocycles. The molecule has 0 amide bonds. The third-order valence-corrected chi connectivity index (χ3v) is 0.962. The SMILES string of the molecule is CC(O)C(=O)O.O=C(O)C(=O)O.OCC(O)CO. The van der Waals surface area contributed by atoms with E-state index in [0.717, 1.165) is 0 Å². The van der Waals surface area contributed by atoms with E-state index in [1.54, 1.807) is 0 Å². The molecule has 0 saturated heterocycles. The molecule has 1 atom stereocenters. The number of hydrogen-bond donors (Lipinski definition) is 7. The van der Waals surface area contributed by atoms with Crippen LogP contribution in [0, 0.1) is 0 Å². The van der Waals surface area contributed by atoms with Gasteiger partial charge in [-0.25, -0.2) is 14.4 Å². The van der Waals surface area contributed by atoms with Crippen LogP contribution in [0.5, 0.6) is 0 Å². The van der Waals surface area contributed by atoms with Crippen molar-refractivity contribution < 1.29 is 50.1 Å². The highest BCUT2D eigenvalue weighted by molar-refractivity contribution is 6.27. The van der Waals surface area contributed by atoms with E-state index in [-0.39, 0.29) is 13.2 Å². The molecule has 10 heteroatoms. The first-order valence-corrected chi connectivity index (χ1v) is 4.36. The summed E-state index contributed by atoms with van der Waals surface area (Å²) in [5.74, 6) is -4.83. The second-order valence-corrected chi connectivity index (χ2v) is 2.64. The minimum Gasteiger partial charge on any atom is -0.479 e. The van der Waals surface area contributed by atoms with Crippen LogP contribution in [0.4, 0.5) is 0 Å². The predicted octanol–water partition coefficient (Wildman–Crippen LogP) is -3.06. The lowest BCUT2D eigenvalue weighted by molar-refractivity contribution is -0.159. The van der Waals surface area contributed by atoms with Gasteiger partial charge < -0.3 is 35.7 Å². The Bertz CT molecular complexity index is 232. The van der Waals surface area contributed by atoms with Gasteiger partial charge in [0.05, 0.1) is 13.2 Å². The standard InChI is InChI=1S/C3H8O3.C3H6O3.C2H2O4/c4-1-3(6)2-5;1-2(4)3(5)6;3-1(4)2(5)6/h3-6H,1-2H2;2,4H,1H3,(H,5,6);(H,3,4)(H,5,6). The highest BCUT2D eigenvalue weighted by Gasteiger charge is 2.04. The van der Waals surface area contributed by atoms with Crippen molar-refractivity contribution in [2.24, 2.45) is 0 Å². The first-order valence-electron chi connectivity index (χ1n) is 4.36. The molecule has 0 radical (unpaired) electrons. The van der Waals surface area contributed by atoms with Crippen molar-refractivity contribution in [1.29, 1.82) is 0 Å². The third-order valence-electron chi connectivity index (χ3n) is 0.962. The predicted molar refractivity (Wildman–Crippen MR) is 54.8 cm³/mol. The third kappa shape index (κ3) is 23.8. The van der Waals surface area contributed by atoms with Gasteiger partial charge in [0, 0.05) is 0 Å². The summed E-state index contributed by atoms with van der Waals surface area (Å²) in [6.45, 7) is 0.468. The van der Waals surface area contributed by atoms with Crippen molar-refractivity contribution in [3.05, 3.63) is 0 Å². The average Bonchev–Trinajstić information content (AvgIpc) is 2.29. The van der Waals surface area contributed by atoms with E-state index in [1.165, 1.54) is 6.92 Å². The molecular weight excluding hydrogens is 256 g/mol. The van der Waals surface area contributed by atoms with E-state index in [9.17, 15) is 4.79 Å². The zero-order valence-electron chi connectivity index (χ0n) is 9.42. The summed E-state index contributed by atoms with van der Waals surface area (Å²) < 4.78 is 0. The van der Waals surface area contributed by atoms with E-state index >= 15 is 0 Å². The fourth-order valence-electron chi connectivity index (χ4n) is 0.0577. The number of aliphatic hydroxyl groups excluding tert-OH is 4. The summed E-state index contributed by atoms with van der Waals surface area (Å²) >= 11 is 0. The molecule has 0 aliphatic heterocycles. The average molecular weight is 272 g/mol. The Morgan fingerprint density at radius 1 is 0.889 bits per heavy atom. The Hall–Kier alpha value is -1.75. The first-order chi connectivity index (χ1) is 8.09. The molecule has 0 aliphatic carbocycles. The van der Waals surface area contributed by atoms with Crippen LogP contribution in [0.2, 0.25) is 0 Å². The van der Waals surface area contributed by atoms with Crippen LogP contribution >= 0.6 is 0 Å². The Balaban J connectivity index is -0.000000187. The van der Waals surface area contributed by atoms with Crippen molar-refractivity contribution in [2.45, 2.75) is 19.1 Å². The molecule has 0 spiro atoms. The van der Waals surface area contributed by atoms with E-state index in [1.807, 2.05) is 0 Å². The fourth-order valence-corrected chi connectivity index (χ4v) is 0.0577. The Labute approximate surface area is 101 Å². The van der Waals surface area contributed by atoms with Gasteiger partial charge in [0.1, 0.15) is 12.2 Å². The van der Waals surface area contributed by atoms with Crippen LogP contribution in [0.15, 0.2) is 0 Å². The van der Waals surface area contributed by atoms with Crippen LogP contribution in [-0.4, -0.2) is 79.1 Å². The van der Waals surface area contributed by atoms with Crippen molar-refractivity contribution in [3.63, 3.8) is 0 Å². The molecule has 0 aromatic rings. The summed E-state index contributed by atoms with van der Waals surface area (Å²) in [5, 5.41) is 54.6. The zero-order chi connectivity index (χ0) is 15.3. The van der Waals surface area contributed by atoms with Gasteiger partial charge >= 0.3 is 17.9 Å². The van der Waals surface area contributed by atoms with Crippen LogP contribution in [0.1, 0.15) is 6.92 Å². The van der Waals surface area contributed by atoms with Gasteiger partial charge in [0.15, 0.2) is 0 Å². The maximum Gasteiger partial charge on any atom is 0.414 e. The summed E-state index contributed by atoms with van der Waals surface area (Å²) in [6.07, 6.45) is -2.19. The lowest BCUT2D eigenvalue weighted by atomic mass is 10.4. The van der Waals surface area contributed by atoms with Crippen LogP contribution in [0.3, 0.4) is 0 Å². The normalized spacial score (nSPS) is 10.3. The lowest BCUT2D eigenvalue weighted by Gasteiger charge is -1.96. The van der Waals surface area contributed by atoms with Gasteiger partial charge in [-0.2, -0.15) is 0 Å². The van der Waals surface area contributed by atoms with Crippen molar-refractivity contribution in [3.8, 4) is 0 Å². The van der Waals surface area contributed by atoms with Gasteiger partial charge in [0.25, 0.3) is 0 Å². The molecule has 0 bridgehead atoms. The summed E-state index contributed by atoms with van der Waals surface area (Å²) in [4.78, 5) is 27.6. The highest BCUT2D eigenvalue weighted by atomic mass is 16.4. The van der Waals surface area contributed by atoms with Gasteiger partial charge in [-0.15, -0.1) is 0 Å². The van der Waals surface area contributed by atoms with Gasteiger partial charge in [-0.3, -0.25) is 0 Å². The van der Waals surface area contributed by atoms with Crippen molar-refractivity contribution in [1.82, 2.24) is 0 Å². The molecule has 0 saturated carbocycles. The number of aliphatic carboxylic acids is 3. The largest absolute Gasteiger partial charge is 0.479 e. The number of carbonyl (C=O) groups is 3. The number of hydrogen-bond acceptors (Lipinski definition) is 7. The minimum absolute atomic E-state index is 0.365. The second-order valence-electron chi connectivity index (χ2n) is 2.64. The Morgan fingerprint density at radius 2 is 1.11 bits per heavy atom. The highest BCUT2D eigenvalue weighted by Crippen LogP contribution is 1.73. The van der Waals surface area contributed by atoms with Crippen molar-refractivity contribution in [2.75, 3.05) is 13.2 Å². The van der Waals surface area contributed by atoms with Gasteiger partial charge in [-0.05, 0) is 6.92 Å². The zero-order valence-corrected chi connectivity index (χ0v) is 9.42. The molecule has 1 unspecified atom stereocenters. The molecule has 0 fully saturated rings. The maximum absolute atomic E-state index is 9.45. The van der Waals surface area contributed by atoms with E-state index in [0.29, 0.717) is 0 Å². The Kier molecular flexibility index (Phi) is 15.9. The molecule has 18 heavy (non-hydrogen) atoms. The molecule has 0 rings (SSSR count). The maximum atomic E-state index is 9.45. The van der Waals surface area contributed by atoms with E-state index in [4.69, 9.17) is 45.3 Å². The van der Waals surface area contributed by atoms with Crippen LogP contribution < -0.4 is 0 Å². The molecule has 0 aromatic heterocycles. The van der Waals surface area contributed by atoms with Crippen LogP contribution in [0.25, 0.3) is 0 Å². The first kappa shape index (κ1) is 21.5. The van der Waals surface area contributed by atoms with Crippen molar-refractivity contribution >= 4 is 17.9 Å². The van der Waals surface area contributed by atoms with Gasteiger partial charge in [0.2, 0.25) is 0 Å². The summed E-state index contributed by atoms with van der Waals surface area (Å²) in [6, 6.07) is 0. The van der Waals surface area contributed by atoms with E-state index < -0.39 is 30.1 Å². The topological polar surface area (TPSA) is 193 Å². The summed E-state index contributed by atoms with van der Waals surface area (Å²) in [5.41, 5.74) is 0. The van der Waals surface area contributed by atoms with Gasteiger partial charge in [-0.1, -0.05) is 0 Å². The number of carboxylic acid groups (broad SMARTS) is 3.